The third kappa shape index (κ3) is 1.43. The van der Waals surface area contributed by atoms with Gasteiger partial charge in [0.05, 0.1) is 11.9 Å². The minimum absolute atomic E-state index is 0.0864. The van der Waals surface area contributed by atoms with E-state index in [2.05, 4.69) is 9.97 Å². The molecular weight excluding hydrogens is 146 g/mol. The van der Waals surface area contributed by atoms with Gasteiger partial charge in [0.15, 0.2) is 5.69 Å². The van der Waals surface area contributed by atoms with Crippen molar-refractivity contribution >= 4 is 11.8 Å². The molecule has 5 heteroatoms. The van der Waals surface area contributed by atoms with E-state index in [4.69, 9.17) is 10.8 Å². The molecule has 1 aromatic rings. The van der Waals surface area contributed by atoms with Crippen LogP contribution in [0.1, 0.15) is 16.2 Å². The first kappa shape index (κ1) is 7.46. The lowest BCUT2D eigenvalue weighted by Crippen LogP contribution is -2.05. The summed E-state index contributed by atoms with van der Waals surface area (Å²) in [6, 6.07) is 0. The third-order valence-corrected chi connectivity index (χ3v) is 1.20. The van der Waals surface area contributed by atoms with Crippen LogP contribution in [-0.2, 0) is 0 Å². The van der Waals surface area contributed by atoms with Crippen molar-refractivity contribution in [3.05, 3.63) is 17.6 Å². The van der Waals surface area contributed by atoms with E-state index in [1.807, 2.05) is 0 Å². The Morgan fingerprint density at radius 3 is 2.82 bits per heavy atom. The van der Waals surface area contributed by atoms with Gasteiger partial charge in [-0.05, 0) is 6.92 Å². The summed E-state index contributed by atoms with van der Waals surface area (Å²) in [5.41, 5.74) is 5.67. The number of aryl methyl sites for hydroxylation is 1. The number of rotatable bonds is 1. The lowest BCUT2D eigenvalue weighted by molar-refractivity contribution is 0.0690. The van der Waals surface area contributed by atoms with Gasteiger partial charge >= 0.3 is 5.97 Å². The number of hydrogen-bond donors (Lipinski definition) is 2. The molecule has 0 amide bonds. The van der Waals surface area contributed by atoms with Crippen molar-refractivity contribution in [2.24, 2.45) is 0 Å². The highest BCUT2D eigenvalue weighted by Crippen LogP contribution is 2.02. The zero-order valence-electron chi connectivity index (χ0n) is 5.90. The standard InChI is InChI=1S/C6H7N3O2/c1-3-5(7)8-2-4(9-3)6(10)11/h2H,1H3,(H2,7,8)(H,10,11). The molecule has 0 atom stereocenters. The minimum Gasteiger partial charge on any atom is -0.476 e. The summed E-state index contributed by atoms with van der Waals surface area (Å²) < 4.78 is 0. The highest BCUT2D eigenvalue weighted by Gasteiger charge is 2.05. The van der Waals surface area contributed by atoms with Gasteiger partial charge in [-0.15, -0.1) is 0 Å². The quantitative estimate of drug-likeness (QED) is 0.595. The number of aromatic carboxylic acids is 1. The highest BCUT2D eigenvalue weighted by atomic mass is 16.4. The summed E-state index contributed by atoms with van der Waals surface area (Å²) in [5, 5.41) is 8.46. The van der Waals surface area contributed by atoms with E-state index >= 15 is 0 Å². The monoisotopic (exact) mass is 153 g/mol. The van der Waals surface area contributed by atoms with Crippen LogP contribution in [0.25, 0.3) is 0 Å². The van der Waals surface area contributed by atoms with Crippen molar-refractivity contribution < 1.29 is 9.90 Å². The van der Waals surface area contributed by atoms with Crippen molar-refractivity contribution in [1.82, 2.24) is 9.97 Å². The number of aromatic nitrogens is 2. The Morgan fingerprint density at radius 2 is 2.36 bits per heavy atom. The minimum atomic E-state index is -1.10. The molecule has 0 aliphatic carbocycles. The fourth-order valence-corrected chi connectivity index (χ4v) is 0.594. The third-order valence-electron chi connectivity index (χ3n) is 1.20. The molecule has 0 aliphatic rings. The zero-order valence-corrected chi connectivity index (χ0v) is 5.90. The Kier molecular flexibility index (Phi) is 1.72. The Bertz CT molecular complexity index is 298. The predicted octanol–water partition coefficient (Wildman–Crippen LogP) is 0.0654. The molecule has 0 aromatic carbocycles. The van der Waals surface area contributed by atoms with E-state index in [9.17, 15) is 4.79 Å². The van der Waals surface area contributed by atoms with Gasteiger partial charge in [0.1, 0.15) is 5.82 Å². The fourth-order valence-electron chi connectivity index (χ4n) is 0.594. The molecule has 58 valence electrons. The second-order valence-electron chi connectivity index (χ2n) is 2.03. The molecular formula is C6H7N3O2. The Morgan fingerprint density at radius 1 is 1.73 bits per heavy atom. The van der Waals surface area contributed by atoms with Crippen molar-refractivity contribution in [3.63, 3.8) is 0 Å². The Labute approximate surface area is 62.9 Å². The largest absolute Gasteiger partial charge is 0.476 e. The maximum absolute atomic E-state index is 10.3. The first-order valence-electron chi connectivity index (χ1n) is 2.93. The number of carbonyl (C=O) groups is 1. The second-order valence-corrected chi connectivity index (χ2v) is 2.03. The first-order chi connectivity index (χ1) is 5.11. The lowest BCUT2D eigenvalue weighted by Gasteiger charge is -1.97. The first-order valence-corrected chi connectivity index (χ1v) is 2.93. The van der Waals surface area contributed by atoms with Crippen LogP contribution < -0.4 is 5.73 Å². The van der Waals surface area contributed by atoms with Gasteiger partial charge in [-0.2, -0.15) is 0 Å². The van der Waals surface area contributed by atoms with E-state index < -0.39 is 5.97 Å². The molecule has 11 heavy (non-hydrogen) atoms. The normalized spacial score (nSPS) is 9.55. The Balaban J connectivity index is 3.15. The summed E-state index contributed by atoms with van der Waals surface area (Å²) in [5.74, 6) is -0.837. The number of nitrogen functional groups attached to an aromatic ring is 1. The molecule has 0 unspecified atom stereocenters. The molecule has 3 N–H and O–H groups in total. The van der Waals surface area contributed by atoms with Crippen LogP contribution in [0.4, 0.5) is 5.82 Å². The van der Waals surface area contributed by atoms with E-state index in [0.29, 0.717) is 5.69 Å². The van der Waals surface area contributed by atoms with Gasteiger partial charge in [-0.25, -0.2) is 14.8 Å². The summed E-state index contributed by atoms with van der Waals surface area (Å²) in [7, 11) is 0. The average Bonchev–Trinajstić information content (AvgIpc) is 1.94. The number of nitrogens with zero attached hydrogens (tertiary/aromatic N) is 2. The SMILES string of the molecule is Cc1nc(C(=O)O)cnc1N. The van der Waals surface area contributed by atoms with Crippen molar-refractivity contribution in [2.45, 2.75) is 6.92 Å². The lowest BCUT2D eigenvalue weighted by atomic mass is 10.4. The van der Waals surface area contributed by atoms with Crippen LogP contribution in [0.2, 0.25) is 0 Å². The summed E-state index contributed by atoms with van der Waals surface area (Å²) >= 11 is 0. The summed E-state index contributed by atoms with van der Waals surface area (Å²) in [6.07, 6.45) is 1.13. The maximum Gasteiger partial charge on any atom is 0.356 e. The molecule has 0 aliphatic heterocycles. The molecule has 0 fully saturated rings. The van der Waals surface area contributed by atoms with E-state index in [1.165, 1.54) is 0 Å². The maximum atomic E-state index is 10.3. The Hall–Kier alpha value is -1.65. The summed E-state index contributed by atoms with van der Waals surface area (Å²) in [6.45, 7) is 1.61. The smallest absolute Gasteiger partial charge is 0.356 e. The number of nitrogens with two attached hydrogens (primary N) is 1. The molecule has 5 nitrogen and oxygen atoms in total. The molecule has 0 saturated carbocycles. The van der Waals surface area contributed by atoms with Gasteiger partial charge in [0.25, 0.3) is 0 Å². The van der Waals surface area contributed by atoms with Crippen LogP contribution in [0.5, 0.6) is 0 Å². The van der Waals surface area contributed by atoms with Crippen LogP contribution >= 0.6 is 0 Å². The topological polar surface area (TPSA) is 89.1 Å². The second kappa shape index (κ2) is 2.53. The number of anilines is 1. The van der Waals surface area contributed by atoms with E-state index in [0.717, 1.165) is 6.20 Å². The van der Waals surface area contributed by atoms with Gasteiger partial charge in [-0.1, -0.05) is 0 Å². The number of carboxylic acid groups (broad SMARTS) is 1. The van der Waals surface area contributed by atoms with Crippen LogP contribution in [0.15, 0.2) is 6.20 Å². The molecule has 0 bridgehead atoms. The zero-order chi connectivity index (χ0) is 8.43. The molecule has 1 rings (SSSR count). The van der Waals surface area contributed by atoms with E-state index in [-0.39, 0.29) is 11.5 Å². The van der Waals surface area contributed by atoms with Gasteiger partial charge in [-0.3, -0.25) is 0 Å². The fraction of sp³-hybridized carbons (Fsp3) is 0.167. The molecule has 0 saturated heterocycles. The van der Waals surface area contributed by atoms with Crippen LogP contribution in [0.3, 0.4) is 0 Å². The summed E-state index contributed by atoms with van der Waals surface area (Å²) in [4.78, 5) is 17.6. The average molecular weight is 153 g/mol. The molecule has 0 radical (unpaired) electrons. The molecule has 1 heterocycles. The van der Waals surface area contributed by atoms with E-state index in [1.54, 1.807) is 6.92 Å². The van der Waals surface area contributed by atoms with Crippen molar-refractivity contribution in [1.29, 1.82) is 0 Å². The number of carboxylic acids is 1. The molecule has 0 spiro atoms. The van der Waals surface area contributed by atoms with Gasteiger partial charge in [0, 0.05) is 0 Å². The molecule has 1 aromatic heterocycles. The van der Waals surface area contributed by atoms with Crippen LogP contribution in [0, 0.1) is 6.92 Å². The predicted molar refractivity (Wildman–Crippen MR) is 38.1 cm³/mol. The van der Waals surface area contributed by atoms with Crippen LogP contribution in [-0.4, -0.2) is 21.0 Å². The van der Waals surface area contributed by atoms with Gasteiger partial charge < -0.3 is 10.8 Å². The van der Waals surface area contributed by atoms with Gasteiger partial charge in [0.2, 0.25) is 0 Å². The number of hydrogen-bond acceptors (Lipinski definition) is 4. The highest BCUT2D eigenvalue weighted by molar-refractivity contribution is 5.85. The van der Waals surface area contributed by atoms with Crippen molar-refractivity contribution in [2.75, 3.05) is 5.73 Å². The van der Waals surface area contributed by atoms with Crippen molar-refractivity contribution in [3.8, 4) is 0 Å².